The molecule has 1 atom stereocenters. The molecule has 1 aliphatic rings. The Hall–Kier alpha value is -1.84. The van der Waals surface area contributed by atoms with Crippen LogP contribution in [-0.4, -0.2) is 5.91 Å². The SMILES string of the molecule is O=C1NC(NCc2ccc(Cl)cc2)c2ccccc21. The molecule has 0 radical (unpaired) electrons. The second kappa shape index (κ2) is 5.03. The Morgan fingerprint density at radius 3 is 2.63 bits per heavy atom. The second-order valence-corrected chi connectivity index (χ2v) is 4.94. The predicted molar refractivity (Wildman–Crippen MR) is 74.9 cm³/mol. The number of halogens is 1. The van der Waals surface area contributed by atoms with Crippen LogP contribution in [0.2, 0.25) is 5.02 Å². The lowest BCUT2D eigenvalue weighted by molar-refractivity contribution is 0.0951. The molecule has 0 fully saturated rings. The molecule has 2 aromatic rings. The lowest BCUT2D eigenvalue weighted by atomic mass is 10.1. The van der Waals surface area contributed by atoms with E-state index in [9.17, 15) is 4.79 Å². The van der Waals surface area contributed by atoms with Crippen molar-refractivity contribution >= 4 is 17.5 Å². The first-order valence-corrected chi connectivity index (χ1v) is 6.49. The summed E-state index contributed by atoms with van der Waals surface area (Å²) in [5, 5.41) is 6.98. The number of hydrogen-bond donors (Lipinski definition) is 2. The number of carbonyl (C=O) groups is 1. The minimum Gasteiger partial charge on any atom is -0.333 e. The Morgan fingerprint density at radius 2 is 1.84 bits per heavy atom. The van der Waals surface area contributed by atoms with E-state index in [1.807, 2.05) is 48.5 Å². The summed E-state index contributed by atoms with van der Waals surface area (Å²) in [6.07, 6.45) is -0.126. The number of hydrogen-bond acceptors (Lipinski definition) is 2. The Bertz CT molecular complexity index is 610. The summed E-state index contributed by atoms with van der Waals surface area (Å²) in [6, 6.07) is 15.3. The van der Waals surface area contributed by atoms with Crippen LogP contribution in [0.1, 0.15) is 27.7 Å². The summed E-state index contributed by atoms with van der Waals surface area (Å²) >= 11 is 5.85. The van der Waals surface area contributed by atoms with E-state index >= 15 is 0 Å². The molecule has 4 heteroatoms. The van der Waals surface area contributed by atoms with Crippen molar-refractivity contribution in [1.82, 2.24) is 10.6 Å². The Morgan fingerprint density at radius 1 is 1.11 bits per heavy atom. The van der Waals surface area contributed by atoms with Crippen LogP contribution in [0, 0.1) is 0 Å². The zero-order valence-corrected chi connectivity index (χ0v) is 10.9. The number of fused-ring (bicyclic) bond motifs is 1. The standard InChI is InChI=1S/C15H13ClN2O/c16-11-7-5-10(6-8-11)9-17-14-12-3-1-2-4-13(12)15(19)18-14/h1-8,14,17H,9H2,(H,18,19). The molecular formula is C15H13ClN2O. The van der Waals surface area contributed by atoms with E-state index in [0.29, 0.717) is 6.54 Å². The molecule has 19 heavy (non-hydrogen) atoms. The average molecular weight is 273 g/mol. The van der Waals surface area contributed by atoms with Gasteiger partial charge in [0.2, 0.25) is 0 Å². The summed E-state index contributed by atoms with van der Waals surface area (Å²) in [6.45, 7) is 0.677. The van der Waals surface area contributed by atoms with Crippen LogP contribution >= 0.6 is 11.6 Å². The third-order valence-electron chi connectivity index (χ3n) is 3.22. The molecule has 0 saturated heterocycles. The van der Waals surface area contributed by atoms with Gasteiger partial charge in [0.05, 0.1) is 0 Å². The van der Waals surface area contributed by atoms with Crippen molar-refractivity contribution in [3.05, 3.63) is 70.2 Å². The van der Waals surface area contributed by atoms with Crippen molar-refractivity contribution < 1.29 is 4.79 Å². The molecule has 1 heterocycles. The van der Waals surface area contributed by atoms with E-state index in [1.165, 1.54) is 0 Å². The van der Waals surface area contributed by atoms with Crippen molar-refractivity contribution in [2.24, 2.45) is 0 Å². The Kier molecular flexibility index (Phi) is 3.23. The van der Waals surface area contributed by atoms with E-state index < -0.39 is 0 Å². The van der Waals surface area contributed by atoms with Gasteiger partial charge < -0.3 is 5.32 Å². The van der Waals surface area contributed by atoms with Gasteiger partial charge in [0, 0.05) is 22.7 Å². The maximum absolute atomic E-state index is 11.8. The minimum atomic E-state index is -0.126. The smallest absolute Gasteiger partial charge is 0.253 e. The van der Waals surface area contributed by atoms with Gasteiger partial charge in [-0.3, -0.25) is 10.1 Å². The highest BCUT2D eigenvalue weighted by molar-refractivity contribution is 6.30. The van der Waals surface area contributed by atoms with Crippen LogP contribution in [-0.2, 0) is 6.54 Å². The van der Waals surface area contributed by atoms with Crippen molar-refractivity contribution in [3.63, 3.8) is 0 Å². The fourth-order valence-electron chi connectivity index (χ4n) is 2.23. The maximum atomic E-state index is 11.8. The molecule has 1 aliphatic heterocycles. The molecule has 0 bridgehead atoms. The second-order valence-electron chi connectivity index (χ2n) is 4.50. The Balaban J connectivity index is 1.72. The average Bonchev–Trinajstić information content (AvgIpc) is 2.76. The summed E-state index contributed by atoms with van der Waals surface area (Å²) in [4.78, 5) is 11.8. The normalized spacial score (nSPS) is 17.1. The van der Waals surface area contributed by atoms with E-state index in [1.54, 1.807) is 0 Å². The summed E-state index contributed by atoms with van der Waals surface area (Å²) in [5.41, 5.74) is 2.88. The third-order valence-corrected chi connectivity index (χ3v) is 3.47. The Labute approximate surface area is 116 Å². The van der Waals surface area contributed by atoms with E-state index in [0.717, 1.165) is 21.7 Å². The highest BCUT2D eigenvalue weighted by Gasteiger charge is 2.27. The van der Waals surface area contributed by atoms with Crippen molar-refractivity contribution in [2.45, 2.75) is 12.7 Å². The van der Waals surface area contributed by atoms with Crippen LogP contribution in [0.25, 0.3) is 0 Å². The molecule has 96 valence electrons. The van der Waals surface area contributed by atoms with Gasteiger partial charge in [-0.25, -0.2) is 0 Å². The van der Waals surface area contributed by atoms with Crippen molar-refractivity contribution in [1.29, 1.82) is 0 Å². The molecule has 0 spiro atoms. The molecule has 0 saturated carbocycles. The lowest BCUT2D eigenvalue weighted by Gasteiger charge is -2.14. The lowest BCUT2D eigenvalue weighted by Crippen LogP contribution is -2.31. The van der Waals surface area contributed by atoms with E-state index in [-0.39, 0.29) is 12.1 Å². The van der Waals surface area contributed by atoms with Gasteiger partial charge in [-0.05, 0) is 23.8 Å². The molecule has 1 unspecified atom stereocenters. The fourth-order valence-corrected chi connectivity index (χ4v) is 2.35. The van der Waals surface area contributed by atoms with E-state index in [2.05, 4.69) is 10.6 Å². The number of rotatable bonds is 3. The van der Waals surface area contributed by atoms with Gasteiger partial charge in [-0.2, -0.15) is 0 Å². The highest BCUT2D eigenvalue weighted by atomic mass is 35.5. The van der Waals surface area contributed by atoms with Crippen molar-refractivity contribution in [2.75, 3.05) is 0 Å². The molecular weight excluding hydrogens is 260 g/mol. The molecule has 1 amide bonds. The number of amides is 1. The maximum Gasteiger partial charge on any atom is 0.253 e. The molecule has 0 aliphatic carbocycles. The predicted octanol–water partition coefficient (Wildman–Crippen LogP) is 2.87. The minimum absolute atomic E-state index is 0.0239. The summed E-state index contributed by atoms with van der Waals surface area (Å²) in [7, 11) is 0. The molecule has 0 aromatic heterocycles. The molecule has 3 rings (SSSR count). The van der Waals surface area contributed by atoms with Gasteiger partial charge in [0.25, 0.3) is 5.91 Å². The van der Waals surface area contributed by atoms with Crippen LogP contribution in [0.4, 0.5) is 0 Å². The quantitative estimate of drug-likeness (QED) is 0.902. The number of benzene rings is 2. The molecule has 2 N–H and O–H groups in total. The van der Waals surface area contributed by atoms with Crippen LogP contribution in [0.15, 0.2) is 48.5 Å². The summed E-state index contributed by atoms with van der Waals surface area (Å²) in [5.74, 6) is -0.0239. The van der Waals surface area contributed by atoms with Crippen LogP contribution < -0.4 is 10.6 Å². The third kappa shape index (κ3) is 2.48. The summed E-state index contributed by atoms with van der Waals surface area (Å²) < 4.78 is 0. The monoisotopic (exact) mass is 272 g/mol. The number of nitrogens with one attached hydrogen (secondary N) is 2. The first-order valence-electron chi connectivity index (χ1n) is 6.11. The van der Waals surface area contributed by atoms with Gasteiger partial charge in [-0.15, -0.1) is 0 Å². The van der Waals surface area contributed by atoms with Crippen LogP contribution in [0.3, 0.4) is 0 Å². The van der Waals surface area contributed by atoms with Gasteiger partial charge in [0.1, 0.15) is 6.17 Å². The zero-order chi connectivity index (χ0) is 13.2. The van der Waals surface area contributed by atoms with Crippen molar-refractivity contribution in [3.8, 4) is 0 Å². The molecule has 3 nitrogen and oxygen atoms in total. The largest absolute Gasteiger partial charge is 0.333 e. The first kappa shape index (κ1) is 12.2. The van der Waals surface area contributed by atoms with Crippen LogP contribution in [0.5, 0.6) is 0 Å². The van der Waals surface area contributed by atoms with E-state index in [4.69, 9.17) is 11.6 Å². The number of carbonyl (C=O) groups excluding carboxylic acids is 1. The first-order chi connectivity index (χ1) is 9.24. The fraction of sp³-hybridized carbons (Fsp3) is 0.133. The topological polar surface area (TPSA) is 41.1 Å². The van der Waals surface area contributed by atoms with Gasteiger partial charge >= 0.3 is 0 Å². The van der Waals surface area contributed by atoms with Gasteiger partial charge in [0.15, 0.2) is 0 Å². The zero-order valence-electron chi connectivity index (χ0n) is 10.2. The molecule has 2 aromatic carbocycles. The highest BCUT2D eigenvalue weighted by Crippen LogP contribution is 2.23. The van der Waals surface area contributed by atoms with Gasteiger partial charge in [-0.1, -0.05) is 41.9 Å².